The third-order valence-corrected chi connectivity index (χ3v) is 4.63. The van der Waals surface area contributed by atoms with Crippen LogP contribution in [0.15, 0.2) is 67.0 Å². The predicted octanol–water partition coefficient (Wildman–Crippen LogP) is 3.90. The Hall–Kier alpha value is -2.66. The number of benzene rings is 1. The zero-order chi connectivity index (χ0) is 16.5. The second kappa shape index (κ2) is 6.09. The number of H-pyrrole nitrogens is 1. The molecular formula is C19H18N4S. The lowest BCUT2D eigenvalue weighted by molar-refractivity contribution is 0.558. The summed E-state index contributed by atoms with van der Waals surface area (Å²) in [6.45, 7) is 2.09. The van der Waals surface area contributed by atoms with Gasteiger partial charge < -0.3 is 15.2 Å². The van der Waals surface area contributed by atoms with Crippen LogP contribution in [0.5, 0.6) is 0 Å². The molecule has 0 unspecified atom stereocenters. The van der Waals surface area contributed by atoms with Crippen molar-refractivity contribution in [2.24, 2.45) is 0 Å². The lowest BCUT2D eigenvalue weighted by Gasteiger charge is -2.27. The molecule has 0 spiro atoms. The Morgan fingerprint density at radius 3 is 2.71 bits per heavy atom. The summed E-state index contributed by atoms with van der Waals surface area (Å²) in [5, 5.41) is 4.17. The normalized spacial score (nSPS) is 20.2. The van der Waals surface area contributed by atoms with Crippen LogP contribution in [-0.2, 0) is 0 Å². The topological polar surface area (TPSA) is 44.0 Å². The molecule has 2 N–H and O–H groups in total. The van der Waals surface area contributed by atoms with E-state index in [1.165, 1.54) is 5.56 Å². The maximum absolute atomic E-state index is 5.67. The van der Waals surface area contributed by atoms with Gasteiger partial charge in [-0.15, -0.1) is 0 Å². The molecule has 0 saturated carbocycles. The summed E-state index contributed by atoms with van der Waals surface area (Å²) in [5.41, 5.74) is 4.39. The van der Waals surface area contributed by atoms with Crippen LogP contribution in [0.1, 0.15) is 29.0 Å². The summed E-state index contributed by atoms with van der Waals surface area (Å²) >= 11 is 5.67. The molecule has 1 saturated heterocycles. The summed E-state index contributed by atoms with van der Waals surface area (Å²) in [4.78, 5) is 10.1. The number of hydrogen-bond donors (Lipinski definition) is 2. The molecule has 24 heavy (non-hydrogen) atoms. The Balaban J connectivity index is 1.82. The van der Waals surface area contributed by atoms with Crippen molar-refractivity contribution < 1.29 is 0 Å². The molecule has 4 nitrogen and oxygen atoms in total. The maximum Gasteiger partial charge on any atom is 0.174 e. The van der Waals surface area contributed by atoms with Crippen molar-refractivity contribution in [3.63, 3.8) is 0 Å². The molecule has 4 rings (SSSR count). The van der Waals surface area contributed by atoms with Crippen LogP contribution < -0.4 is 10.2 Å². The number of pyridine rings is 1. The quantitative estimate of drug-likeness (QED) is 0.713. The number of nitrogens with zero attached hydrogens (tertiary/aromatic N) is 2. The second-order valence-electron chi connectivity index (χ2n) is 5.96. The second-order valence-corrected chi connectivity index (χ2v) is 6.35. The van der Waals surface area contributed by atoms with Gasteiger partial charge in [0.1, 0.15) is 6.04 Å². The summed E-state index contributed by atoms with van der Waals surface area (Å²) < 4.78 is 0. The minimum absolute atomic E-state index is 0.00198. The average molecular weight is 334 g/mol. The molecule has 2 atom stereocenters. The molecule has 0 amide bonds. The van der Waals surface area contributed by atoms with Crippen LogP contribution in [-0.4, -0.2) is 15.1 Å². The molecule has 1 aliphatic heterocycles. The van der Waals surface area contributed by atoms with Gasteiger partial charge in [0.05, 0.1) is 11.7 Å². The van der Waals surface area contributed by atoms with E-state index in [-0.39, 0.29) is 12.1 Å². The molecule has 1 aliphatic rings. The van der Waals surface area contributed by atoms with Gasteiger partial charge in [-0.1, -0.05) is 18.2 Å². The molecule has 0 radical (unpaired) electrons. The Morgan fingerprint density at radius 1 is 1.08 bits per heavy atom. The van der Waals surface area contributed by atoms with Crippen LogP contribution in [0.2, 0.25) is 0 Å². The van der Waals surface area contributed by atoms with Crippen molar-refractivity contribution in [3.8, 4) is 0 Å². The molecule has 1 fully saturated rings. The van der Waals surface area contributed by atoms with Gasteiger partial charge in [-0.25, -0.2) is 0 Å². The van der Waals surface area contributed by atoms with Crippen molar-refractivity contribution in [3.05, 3.63) is 83.9 Å². The highest BCUT2D eigenvalue weighted by atomic mass is 32.1. The van der Waals surface area contributed by atoms with E-state index in [9.17, 15) is 0 Å². The zero-order valence-electron chi connectivity index (χ0n) is 13.3. The highest BCUT2D eigenvalue weighted by Crippen LogP contribution is 2.40. The fourth-order valence-electron chi connectivity index (χ4n) is 3.26. The first-order valence-corrected chi connectivity index (χ1v) is 8.35. The maximum atomic E-state index is 5.67. The zero-order valence-corrected chi connectivity index (χ0v) is 14.1. The number of rotatable bonds is 3. The van der Waals surface area contributed by atoms with Crippen molar-refractivity contribution in [2.75, 3.05) is 4.90 Å². The molecule has 3 heterocycles. The fraction of sp³-hybridized carbons (Fsp3) is 0.158. The largest absolute Gasteiger partial charge is 0.363 e. The third-order valence-electron chi connectivity index (χ3n) is 4.32. The standard InChI is InChI=1S/C19H18N4S/c1-13-6-4-7-14(12-13)23-18(16-9-5-11-21-16)17(22-19(23)24)15-8-2-3-10-20-15/h2-12,17-18,21H,1H3,(H,22,24)/t17-,18-/m1/s1. The van der Waals surface area contributed by atoms with Gasteiger partial charge in [-0.3, -0.25) is 4.98 Å². The molecule has 0 aliphatic carbocycles. The van der Waals surface area contributed by atoms with Crippen LogP contribution in [0.25, 0.3) is 0 Å². The van der Waals surface area contributed by atoms with Gasteiger partial charge >= 0.3 is 0 Å². The summed E-state index contributed by atoms with van der Waals surface area (Å²) in [7, 11) is 0. The minimum Gasteiger partial charge on any atom is -0.363 e. The number of aromatic nitrogens is 2. The van der Waals surface area contributed by atoms with Gasteiger partial charge in [0.15, 0.2) is 5.11 Å². The van der Waals surface area contributed by atoms with Gasteiger partial charge in [0, 0.05) is 23.8 Å². The van der Waals surface area contributed by atoms with Crippen molar-refractivity contribution in [2.45, 2.75) is 19.0 Å². The van der Waals surface area contributed by atoms with Gasteiger partial charge in [-0.05, 0) is 61.1 Å². The Kier molecular flexibility index (Phi) is 3.78. The Bertz CT molecular complexity index is 845. The van der Waals surface area contributed by atoms with Gasteiger partial charge in [0.25, 0.3) is 0 Å². The molecule has 3 aromatic rings. The molecule has 1 aromatic carbocycles. The van der Waals surface area contributed by atoms with Crippen molar-refractivity contribution in [1.82, 2.24) is 15.3 Å². The van der Waals surface area contributed by atoms with Crippen LogP contribution >= 0.6 is 12.2 Å². The van der Waals surface area contributed by atoms with E-state index in [1.54, 1.807) is 0 Å². The Morgan fingerprint density at radius 2 is 2.00 bits per heavy atom. The number of nitrogens with one attached hydrogen (secondary N) is 2. The smallest absolute Gasteiger partial charge is 0.174 e. The number of hydrogen-bond acceptors (Lipinski definition) is 2. The van der Waals surface area contributed by atoms with E-state index >= 15 is 0 Å². The van der Waals surface area contributed by atoms with E-state index in [1.807, 2.05) is 36.7 Å². The SMILES string of the molecule is Cc1cccc(N2C(=S)N[C@H](c3ccccn3)[C@H]2c2ccc[nH]2)c1. The lowest BCUT2D eigenvalue weighted by Crippen LogP contribution is -2.29. The molecule has 0 bridgehead atoms. The molecule has 2 aromatic heterocycles. The first kappa shape index (κ1) is 14.9. The first-order chi connectivity index (χ1) is 11.7. The number of anilines is 1. The summed E-state index contributed by atoms with van der Waals surface area (Å²) in [6, 6.07) is 18.5. The Labute approximate surface area is 146 Å². The van der Waals surface area contributed by atoms with Gasteiger partial charge in [0.2, 0.25) is 0 Å². The number of aryl methyl sites for hydroxylation is 1. The molecule has 120 valence electrons. The molecular weight excluding hydrogens is 316 g/mol. The number of aromatic amines is 1. The highest BCUT2D eigenvalue weighted by Gasteiger charge is 2.41. The van der Waals surface area contributed by atoms with Crippen LogP contribution in [0.3, 0.4) is 0 Å². The van der Waals surface area contributed by atoms with Crippen LogP contribution in [0.4, 0.5) is 5.69 Å². The van der Waals surface area contributed by atoms with Crippen LogP contribution in [0, 0.1) is 6.92 Å². The van der Waals surface area contributed by atoms with E-state index in [0.29, 0.717) is 0 Å². The monoisotopic (exact) mass is 334 g/mol. The minimum atomic E-state index is -0.00198. The average Bonchev–Trinajstić information content (AvgIpc) is 3.23. The van der Waals surface area contributed by atoms with E-state index < -0.39 is 0 Å². The van der Waals surface area contributed by atoms with E-state index in [2.05, 4.69) is 57.4 Å². The lowest BCUT2D eigenvalue weighted by atomic mass is 10.0. The third kappa shape index (κ3) is 2.57. The van der Waals surface area contributed by atoms with E-state index in [4.69, 9.17) is 12.2 Å². The van der Waals surface area contributed by atoms with Crippen molar-refractivity contribution >= 4 is 23.0 Å². The fourth-order valence-corrected chi connectivity index (χ4v) is 3.60. The van der Waals surface area contributed by atoms with Crippen molar-refractivity contribution in [1.29, 1.82) is 0 Å². The highest BCUT2D eigenvalue weighted by molar-refractivity contribution is 7.80. The summed E-state index contributed by atoms with van der Waals surface area (Å²) in [5.74, 6) is 0. The van der Waals surface area contributed by atoms with Gasteiger partial charge in [-0.2, -0.15) is 0 Å². The predicted molar refractivity (Wildman–Crippen MR) is 99.9 cm³/mol. The first-order valence-electron chi connectivity index (χ1n) is 7.94. The number of thiocarbonyl (C=S) groups is 1. The van der Waals surface area contributed by atoms with E-state index in [0.717, 1.165) is 22.2 Å². The summed E-state index contributed by atoms with van der Waals surface area (Å²) in [6.07, 6.45) is 3.77. The molecule has 5 heteroatoms.